The van der Waals surface area contributed by atoms with Crippen LogP contribution in [0.5, 0.6) is 0 Å². The molecule has 0 aliphatic carbocycles. The first-order valence-electron chi connectivity index (χ1n) is 9.49. The summed E-state index contributed by atoms with van der Waals surface area (Å²) in [4.78, 5) is 10.7. The average molecular weight is 439 g/mol. The molecule has 2 rings (SSSR count). The smallest absolute Gasteiger partial charge is 0.271 e. The predicted octanol–water partition coefficient (Wildman–Crippen LogP) is 6.42. The monoisotopic (exact) mass is 438 g/mol. The minimum absolute atomic E-state index is 0.0155. The summed E-state index contributed by atoms with van der Waals surface area (Å²) in [6.07, 6.45) is 0. The van der Waals surface area contributed by atoms with Gasteiger partial charge in [0.05, 0.1) is 20.5 Å². The molecule has 0 saturated carbocycles. The van der Waals surface area contributed by atoms with E-state index in [1.54, 1.807) is 0 Å². The summed E-state index contributed by atoms with van der Waals surface area (Å²) in [5, 5.41) is 11.2. The molecule has 2 aromatic carbocycles. The number of benzene rings is 2. The Bertz CT molecular complexity index is 1000. The molecule has 0 spiro atoms. The van der Waals surface area contributed by atoms with E-state index < -0.39 is 14.9 Å². The second-order valence-electron chi connectivity index (χ2n) is 8.02. The molecule has 0 heterocycles. The molecular weight excluding hydrogens is 412 g/mol. The number of nitro benzene ring substituents is 1. The van der Waals surface area contributed by atoms with Gasteiger partial charge in [-0.05, 0) is 40.5 Å². The number of nitrogens with zero attached hydrogens (tertiary/aromatic N) is 1. The van der Waals surface area contributed by atoms with Gasteiger partial charge in [0.2, 0.25) is 0 Å². The lowest BCUT2D eigenvalue weighted by atomic mass is 9.89. The van der Waals surface area contributed by atoms with Gasteiger partial charge in [0.25, 0.3) is 15.7 Å². The average Bonchev–Trinajstić information content (AvgIpc) is 2.61. The number of hydrogen-bond donors (Lipinski definition) is 1. The largest absolute Gasteiger partial charge is 0.278 e. The number of sulfonamides is 1. The summed E-state index contributed by atoms with van der Waals surface area (Å²) >= 11 is 6.12. The Balaban J connectivity index is 2.72. The van der Waals surface area contributed by atoms with Crippen molar-refractivity contribution >= 4 is 33.0 Å². The van der Waals surface area contributed by atoms with E-state index in [9.17, 15) is 18.5 Å². The van der Waals surface area contributed by atoms with Crippen molar-refractivity contribution in [2.75, 3.05) is 4.72 Å². The van der Waals surface area contributed by atoms with Crippen LogP contribution in [-0.2, 0) is 10.0 Å². The van der Waals surface area contributed by atoms with Gasteiger partial charge in [-0.2, -0.15) is 0 Å². The summed E-state index contributed by atoms with van der Waals surface area (Å²) in [7, 11) is -4.03. The zero-order chi connectivity index (χ0) is 22.1. The Labute approximate surface area is 177 Å². The third-order valence-corrected chi connectivity index (χ3v) is 6.58. The maximum Gasteiger partial charge on any atom is 0.271 e. The van der Waals surface area contributed by atoms with E-state index in [1.165, 1.54) is 12.1 Å². The third-order valence-electron chi connectivity index (χ3n) is 4.75. The minimum Gasteiger partial charge on any atom is -0.278 e. The molecule has 0 unspecified atom stereocenters. The fourth-order valence-corrected chi connectivity index (χ4v) is 5.09. The normalized spacial score (nSPS) is 12.1. The van der Waals surface area contributed by atoms with Crippen LogP contribution in [0.15, 0.2) is 35.2 Å². The molecule has 0 aliphatic heterocycles. The first kappa shape index (κ1) is 23.2. The van der Waals surface area contributed by atoms with Gasteiger partial charge < -0.3 is 0 Å². The van der Waals surface area contributed by atoms with Gasteiger partial charge in [0.15, 0.2) is 0 Å². The first-order valence-corrected chi connectivity index (χ1v) is 11.4. The molecule has 1 N–H and O–H groups in total. The van der Waals surface area contributed by atoms with E-state index in [0.29, 0.717) is 11.1 Å². The number of nitro groups is 1. The van der Waals surface area contributed by atoms with Crippen LogP contribution < -0.4 is 4.72 Å². The zero-order valence-corrected chi connectivity index (χ0v) is 19.1. The van der Waals surface area contributed by atoms with Crippen molar-refractivity contribution < 1.29 is 13.3 Å². The molecule has 8 heteroatoms. The highest BCUT2D eigenvalue weighted by Gasteiger charge is 2.28. The van der Waals surface area contributed by atoms with E-state index in [1.807, 2.05) is 39.8 Å². The number of rotatable bonds is 7. The number of hydrogen-bond acceptors (Lipinski definition) is 4. The maximum absolute atomic E-state index is 13.4. The van der Waals surface area contributed by atoms with Gasteiger partial charge in [-0.15, -0.1) is 0 Å². The second kappa shape index (κ2) is 8.71. The Kier molecular flexibility index (Phi) is 6.96. The fraction of sp³-hybridized carbons (Fsp3) is 0.429. The first-order chi connectivity index (χ1) is 13.3. The highest BCUT2D eigenvalue weighted by atomic mass is 35.5. The lowest BCUT2D eigenvalue weighted by Crippen LogP contribution is -2.19. The quantitative estimate of drug-likeness (QED) is 0.399. The molecule has 0 saturated heterocycles. The molecule has 6 nitrogen and oxygen atoms in total. The van der Waals surface area contributed by atoms with Crippen LogP contribution in [0.2, 0.25) is 5.02 Å². The van der Waals surface area contributed by atoms with Crippen molar-refractivity contribution in [3.05, 3.63) is 62.2 Å². The summed E-state index contributed by atoms with van der Waals surface area (Å²) in [6, 6.07) is 7.55. The van der Waals surface area contributed by atoms with Crippen molar-refractivity contribution in [1.82, 2.24) is 0 Å². The fourth-order valence-electron chi connectivity index (χ4n) is 3.10. The van der Waals surface area contributed by atoms with Gasteiger partial charge >= 0.3 is 0 Å². The molecular formula is C21H27ClN2O4S. The summed E-state index contributed by atoms with van der Waals surface area (Å²) < 4.78 is 29.3. The molecule has 0 bridgehead atoms. The van der Waals surface area contributed by atoms with Crippen molar-refractivity contribution in [3.63, 3.8) is 0 Å². The molecule has 0 aliphatic rings. The minimum atomic E-state index is -4.03. The standard InChI is InChI=1S/C21H27ClN2O4S/c1-12(2)15-9-17(13(3)4)21(18(10-15)14(5)6)29(27,28)23-20-11-16(24(25)26)7-8-19(20)22/h7-14,23H,1-6H3. The van der Waals surface area contributed by atoms with E-state index in [4.69, 9.17) is 11.6 Å². The number of non-ortho nitro benzene ring substituents is 1. The van der Waals surface area contributed by atoms with Crippen LogP contribution in [0.4, 0.5) is 11.4 Å². The van der Waals surface area contributed by atoms with Crippen LogP contribution in [0.25, 0.3) is 0 Å². The molecule has 0 radical (unpaired) electrons. The SMILES string of the molecule is CC(C)c1cc(C(C)C)c(S(=O)(=O)Nc2cc([N+](=O)[O-])ccc2Cl)c(C(C)C)c1. The number of anilines is 1. The van der Waals surface area contributed by atoms with Crippen LogP contribution >= 0.6 is 11.6 Å². The number of halogens is 1. The lowest BCUT2D eigenvalue weighted by Gasteiger charge is -2.23. The van der Waals surface area contributed by atoms with Crippen molar-refractivity contribution in [2.24, 2.45) is 0 Å². The van der Waals surface area contributed by atoms with Crippen LogP contribution in [0.1, 0.15) is 76.0 Å². The van der Waals surface area contributed by atoms with Gasteiger partial charge in [-0.3, -0.25) is 14.8 Å². The highest BCUT2D eigenvalue weighted by molar-refractivity contribution is 7.92. The van der Waals surface area contributed by atoms with Crippen molar-refractivity contribution in [3.8, 4) is 0 Å². The molecule has 0 amide bonds. The van der Waals surface area contributed by atoms with Crippen LogP contribution in [0, 0.1) is 10.1 Å². The topological polar surface area (TPSA) is 89.3 Å². The van der Waals surface area contributed by atoms with Gasteiger partial charge in [0.1, 0.15) is 0 Å². The van der Waals surface area contributed by atoms with Gasteiger partial charge in [-0.1, -0.05) is 65.3 Å². The van der Waals surface area contributed by atoms with E-state index in [2.05, 4.69) is 18.6 Å². The lowest BCUT2D eigenvalue weighted by molar-refractivity contribution is -0.384. The Morgan fingerprint density at radius 1 is 0.931 bits per heavy atom. The third kappa shape index (κ3) is 5.08. The summed E-state index contributed by atoms with van der Waals surface area (Å²) in [6.45, 7) is 11.9. The molecule has 0 atom stereocenters. The van der Waals surface area contributed by atoms with E-state index in [-0.39, 0.29) is 39.0 Å². The molecule has 2 aromatic rings. The molecule has 0 aromatic heterocycles. The predicted molar refractivity (Wildman–Crippen MR) is 118 cm³/mol. The maximum atomic E-state index is 13.4. The highest BCUT2D eigenvalue weighted by Crippen LogP contribution is 2.37. The zero-order valence-electron chi connectivity index (χ0n) is 17.5. The summed E-state index contributed by atoms with van der Waals surface area (Å²) in [5.41, 5.74) is 2.25. The summed E-state index contributed by atoms with van der Waals surface area (Å²) in [5.74, 6) is 0.192. The Morgan fingerprint density at radius 2 is 1.45 bits per heavy atom. The number of nitrogens with one attached hydrogen (secondary N) is 1. The molecule has 0 fully saturated rings. The van der Waals surface area contributed by atoms with Crippen molar-refractivity contribution in [1.29, 1.82) is 0 Å². The van der Waals surface area contributed by atoms with Crippen molar-refractivity contribution in [2.45, 2.75) is 64.2 Å². The van der Waals surface area contributed by atoms with Crippen LogP contribution in [-0.4, -0.2) is 13.3 Å². The Morgan fingerprint density at radius 3 is 1.86 bits per heavy atom. The second-order valence-corrected chi connectivity index (χ2v) is 10.0. The van der Waals surface area contributed by atoms with Crippen LogP contribution in [0.3, 0.4) is 0 Å². The molecule has 158 valence electrons. The molecule has 29 heavy (non-hydrogen) atoms. The van der Waals surface area contributed by atoms with Gasteiger partial charge in [0, 0.05) is 12.1 Å². The Hall–Kier alpha value is -2.12. The van der Waals surface area contributed by atoms with Gasteiger partial charge in [-0.25, -0.2) is 8.42 Å². The van der Waals surface area contributed by atoms with E-state index in [0.717, 1.165) is 11.6 Å². The van der Waals surface area contributed by atoms with E-state index >= 15 is 0 Å².